The van der Waals surface area contributed by atoms with Gasteiger partial charge in [0.05, 0.1) is 23.7 Å². The van der Waals surface area contributed by atoms with Gasteiger partial charge in [-0.15, -0.1) is 11.3 Å². The number of benzene rings is 2. The van der Waals surface area contributed by atoms with E-state index in [1.165, 1.54) is 11.3 Å². The van der Waals surface area contributed by atoms with Crippen LogP contribution in [-0.2, 0) is 6.42 Å². The summed E-state index contributed by atoms with van der Waals surface area (Å²) in [7, 11) is 0. The summed E-state index contributed by atoms with van der Waals surface area (Å²) in [5, 5.41) is 2.17. The van der Waals surface area contributed by atoms with E-state index in [0.717, 1.165) is 34.1 Å². The van der Waals surface area contributed by atoms with Gasteiger partial charge in [-0.05, 0) is 43.3 Å². The molecule has 0 saturated carbocycles. The van der Waals surface area contributed by atoms with Crippen molar-refractivity contribution in [3.63, 3.8) is 0 Å². The zero-order valence-corrected chi connectivity index (χ0v) is 15.5. The number of imidazole rings is 1. The second kappa shape index (κ2) is 7.32. The number of hydrogen-bond acceptors (Lipinski definition) is 4. The largest absolute Gasteiger partial charge is 0.494 e. The molecule has 0 aliphatic carbocycles. The van der Waals surface area contributed by atoms with Crippen molar-refractivity contribution in [3.05, 3.63) is 65.7 Å². The van der Waals surface area contributed by atoms with Crippen LogP contribution < -0.4 is 10.5 Å². The van der Waals surface area contributed by atoms with Gasteiger partial charge in [0.25, 0.3) is 0 Å². The molecule has 2 aromatic carbocycles. The Kier molecular flexibility index (Phi) is 4.73. The molecule has 0 fully saturated rings. The van der Waals surface area contributed by atoms with Gasteiger partial charge in [0.15, 0.2) is 4.96 Å². The molecule has 2 N–H and O–H groups in total. The third kappa shape index (κ3) is 3.00. The maximum atomic E-state index is 5.92. The van der Waals surface area contributed by atoms with Crippen molar-refractivity contribution >= 4 is 16.3 Å². The van der Waals surface area contributed by atoms with Crippen molar-refractivity contribution < 1.29 is 4.74 Å². The molecule has 0 radical (unpaired) electrons. The van der Waals surface area contributed by atoms with Crippen molar-refractivity contribution in [2.75, 3.05) is 13.2 Å². The van der Waals surface area contributed by atoms with Gasteiger partial charge in [0.2, 0.25) is 0 Å². The fourth-order valence-electron chi connectivity index (χ4n) is 3.20. The van der Waals surface area contributed by atoms with Gasteiger partial charge in [0, 0.05) is 17.4 Å². The zero-order chi connectivity index (χ0) is 17.9. The van der Waals surface area contributed by atoms with Crippen LogP contribution in [0.4, 0.5) is 0 Å². The number of aromatic nitrogens is 2. The summed E-state index contributed by atoms with van der Waals surface area (Å²) < 4.78 is 7.80. The molecule has 0 spiro atoms. The first-order valence-electron chi connectivity index (χ1n) is 8.79. The summed E-state index contributed by atoms with van der Waals surface area (Å²) in [5.74, 6) is 0.877. The lowest BCUT2D eigenvalue weighted by Gasteiger charge is -2.08. The Morgan fingerprint density at radius 1 is 1.04 bits per heavy atom. The minimum atomic E-state index is 0.585. The first-order valence-corrected chi connectivity index (χ1v) is 9.67. The molecule has 26 heavy (non-hydrogen) atoms. The van der Waals surface area contributed by atoms with Crippen molar-refractivity contribution in [2.24, 2.45) is 5.73 Å². The van der Waals surface area contributed by atoms with E-state index in [1.54, 1.807) is 11.3 Å². The molecular formula is C21H21N3OS. The predicted molar refractivity (Wildman–Crippen MR) is 108 cm³/mol. The third-order valence-corrected chi connectivity index (χ3v) is 5.17. The van der Waals surface area contributed by atoms with E-state index in [-0.39, 0.29) is 0 Å². The van der Waals surface area contributed by atoms with Gasteiger partial charge < -0.3 is 10.5 Å². The van der Waals surface area contributed by atoms with Crippen molar-refractivity contribution in [1.29, 1.82) is 0 Å². The molecule has 5 heteroatoms. The minimum absolute atomic E-state index is 0.585. The Hall–Kier alpha value is -2.63. The Morgan fingerprint density at radius 2 is 1.81 bits per heavy atom. The van der Waals surface area contributed by atoms with E-state index < -0.39 is 0 Å². The van der Waals surface area contributed by atoms with Gasteiger partial charge in [-0.1, -0.05) is 30.3 Å². The maximum Gasteiger partial charge on any atom is 0.194 e. The monoisotopic (exact) mass is 363 g/mol. The molecule has 132 valence electrons. The first-order chi connectivity index (χ1) is 12.8. The van der Waals surface area contributed by atoms with E-state index in [9.17, 15) is 0 Å². The lowest BCUT2D eigenvalue weighted by atomic mass is 10.1. The number of nitrogens with zero attached hydrogens (tertiary/aromatic N) is 2. The Bertz CT molecular complexity index is 1000. The smallest absolute Gasteiger partial charge is 0.194 e. The Balaban J connectivity index is 1.85. The number of thiazole rings is 1. The number of nitrogens with two attached hydrogens (primary N) is 1. The number of hydrogen-bond donors (Lipinski definition) is 1. The van der Waals surface area contributed by atoms with Gasteiger partial charge in [0.1, 0.15) is 5.75 Å². The summed E-state index contributed by atoms with van der Waals surface area (Å²) in [6.07, 6.45) is 0.778. The molecule has 2 heterocycles. The standard InChI is InChI=1S/C21H21N3OS/c1-2-25-17-10-8-16(9-11-17)20-18(12-13-22)24-19(14-26-21(24)23-20)15-6-4-3-5-7-15/h3-11,14H,2,12-13,22H2,1H3. The molecule has 4 aromatic rings. The van der Waals surface area contributed by atoms with E-state index in [2.05, 4.69) is 46.2 Å². The van der Waals surface area contributed by atoms with Crippen LogP contribution in [0.25, 0.3) is 27.5 Å². The molecule has 0 aliphatic rings. The summed E-state index contributed by atoms with van der Waals surface area (Å²) in [6.45, 7) is 3.24. The molecule has 0 unspecified atom stereocenters. The van der Waals surface area contributed by atoms with Crippen LogP contribution in [0.5, 0.6) is 5.75 Å². The molecule has 0 bridgehead atoms. The zero-order valence-electron chi connectivity index (χ0n) is 14.7. The Morgan fingerprint density at radius 3 is 2.50 bits per heavy atom. The summed E-state index contributed by atoms with van der Waals surface area (Å²) in [6, 6.07) is 18.5. The van der Waals surface area contributed by atoms with Crippen LogP contribution in [0, 0.1) is 0 Å². The van der Waals surface area contributed by atoms with Gasteiger partial charge in [-0.2, -0.15) is 0 Å². The molecular weight excluding hydrogens is 342 g/mol. The van der Waals surface area contributed by atoms with E-state index in [4.69, 9.17) is 15.5 Å². The van der Waals surface area contributed by atoms with Gasteiger partial charge in [-0.25, -0.2) is 4.98 Å². The molecule has 0 saturated heterocycles. The molecule has 2 aromatic heterocycles. The quantitative estimate of drug-likeness (QED) is 0.543. The molecule has 0 aliphatic heterocycles. The molecule has 0 atom stereocenters. The van der Waals surface area contributed by atoms with Crippen LogP contribution in [0.2, 0.25) is 0 Å². The predicted octanol–water partition coefficient (Wildman–Crippen LogP) is 4.63. The highest BCUT2D eigenvalue weighted by Crippen LogP contribution is 2.33. The summed E-state index contributed by atoms with van der Waals surface area (Å²) >= 11 is 1.66. The van der Waals surface area contributed by atoms with Crippen molar-refractivity contribution in [1.82, 2.24) is 9.38 Å². The number of fused-ring (bicyclic) bond motifs is 1. The normalized spacial score (nSPS) is 11.2. The number of rotatable bonds is 6. The highest BCUT2D eigenvalue weighted by Gasteiger charge is 2.18. The number of ether oxygens (including phenoxy) is 1. The highest BCUT2D eigenvalue weighted by atomic mass is 32.1. The average Bonchev–Trinajstić information content (AvgIpc) is 3.24. The topological polar surface area (TPSA) is 52.5 Å². The molecule has 0 amide bonds. The van der Waals surface area contributed by atoms with E-state index in [0.29, 0.717) is 13.2 Å². The van der Waals surface area contributed by atoms with E-state index in [1.807, 2.05) is 25.1 Å². The highest BCUT2D eigenvalue weighted by molar-refractivity contribution is 7.15. The molecule has 4 nitrogen and oxygen atoms in total. The van der Waals surface area contributed by atoms with E-state index >= 15 is 0 Å². The average molecular weight is 363 g/mol. The fraction of sp³-hybridized carbons (Fsp3) is 0.190. The Labute approximate surface area is 156 Å². The van der Waals surface area contributed by atoms with Crippen LogP contribution in [-0.4, -0.2) is 22.5 Å². The SMILES string of the molecule is CCOc1ccc(-c2nc3scc(-c4ccccc4)n3c2CCN)cc1. The van der Waals surface area contributed by atoms with Crippen LogP contribution in [0.1, 0.15) is 12.6 Å². The van der Waals surface area contributed by atoms with Crippen molar-refractivity contribution in [2.45, 2.75) is 13.3 Å². The maximum absolute atomic E-state index is 5.92. The second-order valence-electron chi connectivity index (χ2n) is 6.01. The van der Waals surface area contributed by atoms with Crippen LogP contribution >= 0.6 is 11.3 Å². The van der Waals surface area contributed by atoms with Crippen molar-refractivity contribution in [3.8, 4) is 28.3 Å². The minimum Gasteiger partial charge on any atom is -0.494 e. The van der Waals surface area contributed by atoms with Gasteiger partial charge >= 0.3 is 0 Å². The van der Waals surface area contributed by atoms with Crippen LogP contribution in [0.15, 0.2) is 60.0 Å². The second-order valence-corrected chi connectivity index (χ2v) is 6.84. The lowest BCUT2D eigenvalue weighted by molar-refractivity contribution is 0.340. The summed E-state index contributed by atoms with van der Waals surface area (Å²) in [4.78, 5) is 5.90. The van der Waals surface area contributed by atoms with Gasteiger partial charge in [-0.3, -0.25) is 4.40 Å². The fourth-order valence-corrected chi connectivity index (χ4v) is 4.12. The molecule has 4 rings (SSSR count). The lowest BCUT2D eigenvalue weighted by Crippen LogP contribution is -2.06. The van der Waals surface area contributed by atoms with Crippen LogP contribution in [0.3, 0.4) is 0 Å². The summed E-state index contributed by atoms with van der Waals surface area (Å²) in [5.41, 5.74) is 11.5. The first kappa shape index (κ1) is 16.8. The third-order valence-electron chi connectivity index (χ3n) is 4.35.